The smallest absolute Gasteiger partial charge is 0.257 e. The van der Waals surface area contributed by atoms with Gasteiger partial charge in [-0.05, 0) is 50.1 Å². The molecule has 0 unspecified atom stereocenters. The molecule has 6 nitrogen and oxygen atoms in total. The Morgan fingerprint density at radius 3 is 2.53 bits per heavy atom. The largest absolute Gasteiger partial charge is 0.352 e. The van der Waals surface area contributed by atoms with E-state index in [0.29, 0.717) is 29.9 Å². The monoisotopic (exact) mass is 434 g/mol. The van der Waals surface area contributed by atoms with Crippen molar-refractivity contribution in [3.05, 3.63) is 87.6 Å². The molecule has 1 amide bonds. The molecule has 1 aliphatic rings. The maximum atomic E-state index is 13.5. The second kappa shape index (κ2) is 9.44. The predicted molar refractivity (Wildman–Crippen MR) is 121 cm³/mol. The summed E-state index contributed by atoms with van der Waals surface area (Å²) in [4.78, 5) is 33.0. The molecule has 0 radical (unpaired) electrons. The number of benzene rings is 2. The van der Waals surface area contributed by atoms with Gasteiger partial charge in [0.1, 0.15) is 18.2 Å². The second-order valence-electron chi connectivity index (χ2n) is 8.43. The molecule has 0 aliphatic carbocycles. The molecule has 4 rings (SSSR count). The highest BCUT2D eigenvalue weighted by Crippen LogP contribution is 2.22. The van der Waals surface area contributed by atoms with Crippen LogP contribution in [-0.2, 0) is 30.8 Å². The quantitative estimate of drug-likeness (QED) is 0.647. The molecule has 166 valence electrons. The van der Waals surface area contributed by atoms with E-state index in [4.69, 9.17) is 4.98 Å². The van der Waals surface area contributed by atoms with Crippen LogP contribution in [0.5, 0.6) is 0 Å². The third kappa shape index (κ3) is 4.94. The van der Waals surface area contributed by atoms with Crippen LogP contribution in [0.3, 0.4) is 0 Å². The first-order chi connectivity index (χ1) is 15.4. The molecule has 3 aromatic rings. The van der Waals surface area contributed by atoms with Gasteiger partial charge in [0.25, 0.3) is 5.56 Å². The molecule has 2 heterocycles. The zero-order valence-corrected chi connectivity index (χ0v) is 18.3. The van der Waals surface area contributed by atoms with E-state index in [-0.39, 0.29) is 29.9 Å². The van der Waals surface area contributed by atoms with Crippen molar-refractivity contribution in [3.63, 3.8) is 0 Å². The van der Waals surface area contributed by atoms with E-state index in [0.717, 1.165) is 18.8 Å². The van der Waals surface area contributed by atoms with Crippen molar-refractivity contribution in [1.82, 2.24) is 19.8 Å². The first kappa shape index (κ1) is 21.9. The topological polar surface area (TPSA) is 67.2 Å². The zero-order chi connectivity index (χ0) is 22.7. The van der Waals surface area contributed by atoms with Gasteiger partial charge in [0.05, 0.1) is 5.69 Å². The van der Waals surface area contributed by atoms with E-state index in [2.05, 4.69) is 22.3 Å². The van der Waals surface area contributed by atoms with Gasteiger partial charge in [-0.15, -0.1) is 0 Å². The Hall–Kier alpha value is -3.32. The fraction of sp³-hybridized carbons (Fsp3) is 0.320. The van der Waals surface area contributed by atoms with E-state index in [1.165, 1.54) is 22.3 Å². The number of nitrogens with zero attached hydrogens (tertiary/aromatic N) is 3. The van der Waals surface area contributed by atoms with Gasteiger partial charge in [-0.1, -0.05) is 30.3 Å². The number of nitrogens with one attached hydrogen (secondary N) is 1. The summed E-state index contributed by atoms with van der Waals surface area (Å²) < 4.78 is 14.9. The normalized spacial score (nSPS) is 13.8. The van der Waals surface area contributed by atoms with Crippen molar-refractivity contribution in [2.24, 2.45) is 0 Å². The number of hydrogen-bond acceptors (Lipinski definition) is 4. The van der Waals surface area contributed by atoms with Gasteiger partial charge in [-0.3, -0.25) is 19.1 Å². The molecule has 2 aromatic carbocycles. The average molecular weight is 435 g/mol. The molecule has 7 heteroatoms. The molecule has 0 saturated carbocycles. The number of halogens is 1. The Bertz CT molecular complexity index is 1160. The second-order valence-corrected chi connectivity index (χ2v) is 8.43. The lowest BCUT2D eigenvalue weighted by molar-refractivity contribution is -0.122. The van der Waals surface area contributed by atoms with Crippen LogP contribution in [0.25, 0.3) is 11.4 Å². The Morgan fingerprint density at radius 1 is 1.12 bits per heavy atom. The summed E-state index contributed by atoms with van der Waals surface area (Å²) in [5, 5.41) is 2.83. The SMILES string of the molecule is CC(C)NC(=O)Cn1c(-c2ccc(F)cc2)nc2c(c1=O)CCN(Cc1ccccc1)C2. The zero-order valence-electron chi connectivity index (χ0n) is 18.3. The van der Waals surface area contributed by atoms with Gasteiger partial charge in [0.15, 0.2) is 0 Å². The van der Waals surface area contributed by atoms with E-state index in [1.54, 1.807) is 12.1 Å². The van der Waals surface area contributed by atoms with Gasteiger partial charge >= 0.3 is 0 Å². The summed E-state index contributed by atoms with van der Waals surface area (Å²) in [5.41, 5.74) is 2.97. The molecule has 0 saturated heterocycles. The predicted octanol–water partition coefficient (Wildman–Crippen LogP) is 3.13. The Labute approximate surface area is 186 Å². The van der Waals surface area contributed by atoms with Gasteiger partial charge < -0.3 is 5.32 Å². The van der Waals surface area contributed by atoms with Crippen molar-refractivity contribution in [2.45, 2.75) is 45.9 Å². The average Bonchev–Trinajstić information content (AvgIpc) is 2.76. The van der Waals surface area contributed by atoms with E-state index >= 15 is 0 Å². The molecule has 0 spiro atoms. The lowest BCUT2D eigenvalue weighted by Crippen LogP contribution is -2.41. The van der Waals surface area contributed by atoms with Crippen LogP contribution < -0.4 is 10.9 Å². The van der Waals surface area contributed by atoms with Crippen LogP contribution in [0, 0.1) is 5.82 Å². The van der Waals surface area contributed by atoms with Crippen molar-refractivity contribution >= 4 is 5.91 Å². The van der Waals surface area contributed by atoms with Gasteiger partial charge in [-0.25, -0.2) is 9.37 Å². The van der Waals surface area contributed by atoms with Crippen LogP contribution in [0.4, 0.5) is 4.39 Å². The number of hydrogen-bond donors (Lipinski definition) is 1. The summed E-state index contributed by atoms with van der Waals surface area (Å²) in [6.45, 7) is 5.67. The Morgan fingerprint density at radius 2 is 1.84 bits per heavy atom. The minimum atomic E-state index is -0.368. The van der Waals surface area contributed by atoms with Crippen LogP contribution >= 0.6 is 0 Å². The first-order valence-corrected chi connectivity index (χ1v) is 10.8. The lowest BCUT2D eigenvalue weighted by atomic mass is 10.0. The third-order valence-corrected chi connectivity index (χ3v) is 5.50. The van der Waals surface area contributed by atoms with Crippen LogP contribution in [0.1, 0.15) is 30.7 Å². The van der Waals surface area contributed by atoms with E-state index < -0.39 is 0 Å². The van der Waals surface area contributed by atoms with Crippen molar-refractivity contribution in [3.8, 4) is 11.4 Å². The molecule has 1 aliphatic heterocycles. The standard InChI is InChI=1S/C25H27FN4O2/c1-17(2)27-23(31)16-30-24(19-8-10-20(26)11-9-19)28-22-15-29(13-12-21(22)25(30)32)14-18-6-4-3-5-7-18/h3-11,17H,12-16H2,1-2H3,(H,27,31). The minimum absolute atomic E-state index is 0.0374. The van der Waals surface area contributed by atoms with Gasteiger partial charge in [0.2, 0.25) is 5.91 Å². The lowest BCUT2D eigenvalue weighted by Gasteiger charge is -2.29. The molecule has 1 N–H and O–H groups in total. The number of fused-ring (bicyclic) bond motifs is 1. The maximum absolute atomic E-state index is 13.5. The summed E-state index contributed by atoms with van der Waals surface area (Å²) in [7, 11) is 0. The van der Waals surface area contributed by atoms with Crippen molar-refractivity contribution in [2.75, 3.05) is 6.54 Å². The molecular weight excluding hydrogens is 407 g/mol. The molecule has 1 aromatic heterocycles. The highest BCUT2D eigenvalue weighted by Gasteiger charge is 2.25. The summed E-state index contributed by atoms with van der Waals surface area (Å²) in [5.74, 6) is -0.241. The number of rotatable bonds is 6. The summed E-state index contributed by atoms with van der Waals surface area (Å²) in [6.07, 6.45) is 0.573. The van der Waals surface area contributed by atoms with Crippen molar-refractivity contribution < 1.29 is 9.18 Å². The molecular formula is C25H27FN4O2. The van der Waals surface area contributed by atoms with Crippen molar-refractivity contribution in [1.29, 1.82) is 0 Å². The maximum Gasteiger partial charge on any atom is 0.257 e. The highest BCUT2D eigenvalue weighted by atomic mass is 19.1. The van der Waals surface area contributed by atoms with Gasteiger partial charge in [-0.2, -0.15) is 0 Å². The van der Waals surface area contributed by atoms with Crippen LogP contribution in [-0.4, -0.2) is 32.9 Å². The molecule has 32 heavy (non-hydrogen) atoms. The Kier molecular flexibility index (Phi) is 6.46. The fourth-order valence-electron chi connectivity index (χ4n) is 4.03. The van der Waals surface area contributed by atoms with E-state index in [1.807, 2.05) is 32.0 Å². The van der Waals surface area contributed by atoms with Crippen LogP contribution in [0.2, 0.25) is 0 Å². The molecule has 0 atom stereocenters. The highest BCUT2D eigenvalue weighted by molar-refractivity contribution is 5.76. The van der Waals surface area contributed by atoms with Crippen LogP contribution in [0.15, 0.2) is 59.4 Å². The fourth-order valence-corrected chi connectivity index (χ4v) is 4.03. The summed E-state index contributed by atoms with van der Waals surface area (Å²) in [6, 6.07) is 16.0. The molecule has 0 fully saturated rings. The summed E-state index contributed by atoms with van der Waals surface area (Å²) >= 11 is 0. The third-order valence-electron chi connectivity index (χ3n) is 5.50. The van der Waals surface area contributed by atoms with Gasteiger partial charge in [0, 0.05) is 36.8 Å². The first-order valence-electron chi connectivity index (χ1n) is 10.8. The van der Waals surface area contributed by atoms with E-state index in [9.17, 15) is 14.0 Å². The number of carbonyl (C=O) groups is 1. The minimum Gasteiger partial charge on any atom is -0.352 e. The number of aromatic nitrogens is 2. The molecule has 0 bridgehead atoms. The number of carbonyl (C=O) groups excluding carboxylic acids is 1. The number of amides is 1. The Balaban J connectivity index is 1.71.